The Morgan fingerprint density at radius 2 is 2.14 bits per heavy atom. The number of fused-ring (bicyclic) bond motifs is 1. The highest BCUT2D eigenvalue weighted by molar-refractivity contribution is 14.0. The molecule has 0 aliphatic heterocycles. The molecule has 4 N–H and O–H groups in total. The van der Waals surface area contributed by atoms with Gasteiger partial charge in [0, 0.05) is 6.04 Å². The van der Waals surface area contributed by atoms with Gasteiger partial charge in [0.1, 0.15) is 12.4 Å². The Morgan fingerprint density at radius 1 is 1.36 bits per heavy atom. The first kappa shape index (κ1) is 17.1. The van der Waals surface area contributed by atoms with Crippen LogP contribution in [0.15, 0.2) is 23.2 Å². The number of aliphatic imine (C=N–C) groups is 1. The summed E-state index contributed by atoms with van der Waals surface area (Å²) in [6.07, 6.45) is 6.30. The van der Waals surface area contributed by atoms with Gasteiger partial charge >= 0.3 is 0 Å². The maximum absolute atomic E-state index is 5.97. The monoisotopic (exact) mass is 413 g/mol. The molecule has 0 bridgehead atoms. The fourth-order valence-electron chi connectivity index (χ4n) is 2.91. The van der Waals surface area contributed by atoms with E-state index in [1.54, 1.807) is 0 Å². The Morgan fingerprint density at radius 3 is 2.91 bits per heavy atom. The van der Waals surface area contributed by atoms with E-state index in [4.69, 9.17) is 5.73 Å². The number of imidazole rings is 1. The minimum Gasteiger partial charge on any atom is -0.370 e. The number of H-pyrrole nitrogens is 1. The molecule has 5 nitrogen and oxygen atoms in total. The summed E-state index contributed by atoms with van der Waals surface area (Å²) < 4.78 is 0. The Balaban J connectivity index is 0.00000176. The molecule has 120 valence electrons. The van der Waals surface area contributed by atoms with Gasteiger partial charge in [-0.25, -0.2) is 9.98 Å². The maximum Gasteiger partial charge on any atom is 0.189 e. The summed E-state index contributed by atoms with van der Waals surface area (Å²) in [6, 6.07) is 6.67. The summed E-state index contributed by atoms with van der Waals surface area (Å²) in [5, 5.41) is 3.32. The number of benzene rings is 1. The third-order valence-corrected chi connectivity index (χ3v) is 4.04. The van der Waals surface area contributed by atoms with Crippen molar-refractivity contribution < 1.29 is 0 Å². The molecule has 1 aliphatic rings. The lowest BCUT2D eigenvalue weighted by Crippen LogP contribution is -2.41. The fourth-order valence-corrected chi connectivity index (χ4v) is 2.91. The van der Waals surface area contributed by atoms with Gasteiger partial charge in [-0.3, -0.25) is 0 Å². The standard InChI is InChI=1S/C16H23N5.HI/c1-11-7-8-13-14(9-11)21-15(20-13)10-18-16(17)19-12-5-3-2-4-6-12;/h7-9,12H,2-6,10H2,1H3,(H,20,21)(H3,17,18,19);1H. The fraction of sp³-hybridized carbons (Fsp3) is 0.500. The second-order valence-electron chi connectivity index (χ2n) is 5.88. The number of hydrogen-bond donors (Lipinski definition) is 3. The number of hydrogen-bond acceptors (Lipinski definition) is 2. The molecule has 0 saturated heterocycles. The van der Waals surface area contributed by atoms with Gasteiger partial charge in [-0.2, -0.15) is 0 Å². The number of aryl methyl sites for hydroxylation is 1. The van der Waals surface area contributed by atoms with Crippen LogP contribution in [0.4, 0.5) is 0 Å². The highest BCUT2D eigenvalue weighted by Gasteiger charge is 2.13. The molecule has 0 unspecified atom stereocenters. The van der Waals surface area contributed by atoms with Gasteiger partial charge in [0.05, 0.1) is 11.0 Å². The minimum absolute atomic E-state index is 0. The summed E-state index contributed by atoms with van der Waals surface area (Å²) >= 11 is 0. The van der Waals surface area contributed by atoms with Crippen molar-refractivity contribution in [3.63, 3.8) is 0 Å². The van der Waals surface area contributed by atoms with E-state index >= 15 is 0 Å². The summed E-state index contributed by atoms with van der Waals surface area (Å²) in [7, 11) is 0. The third-order valence-electron chi connectivity index (χ3n) is 4.04. The lowest BCUT2D eigenvalue weighted by atomic mass is 9.96. The Labute approximate surface area is 148 Å². The van der Waals surface area contributed by atoms with Crippen LogP contribution in [-0.2, 0) is 6.54 Å². The largest absolute Gasteiger partial charge is 0.370 e. The molecule has 1 saturated carbocycles. The van der Waals surface area contributed by atoms with Crippen molar-refractivity contribution in [3.8, 4) is 0 Å². The van der Waals surface area contributed by atoms with Crippen LogP contribution in [0.25, 0.3) is 11.0 Å². The van der Waals surface area contributed by atoms with Crippen LogP contribution in [0.2, 0.25) is 0 Å². The van der Waals surface area contributed by atoms with Crippen LogP contribution in [0.5, 0.6) is 0 Å². The molecular weight excluding hydrogens is 389 g/mol. The zero-order valence-corrected chi connectivity index (χ0v) is 15.3. The number of nitrogens with one attached hydrogen (secondary N) is 2. The molecule has 3 rings (SSSR count). The normalized spacial score (nSPS) is 16.5. The zero-order valence-electron chi connectivity index (χ0n) is 12.9. The number of halogens is 1. The van der Waals surface area contributed by atoms with Crippen molar-refractivity contribution in [1.29, 1.82) is 0 Å². The average Bonchev–Trinajstić information content (AvgIpc) is 2.88. The van der Waals surface area contributed by atoms with Crippen molar-refractivity contribution >= 4 is 41.0 Å². The summed E-state index contributed by atoms with van der Waals surface area (Å²) in [6.45, 7) is 2.56. The van der Waals surface area contributed by atoms with Crippen molar-refractivity contribution in [2.75, 3.05) is 0 Å². The number of nitrogens with two attached hydrogens (primary N) is 1. The molecule has 1 aromatic heterocycles. The molecule has 22 heavy (non-hydrogen) atoms. The SMILES string of the molecule is Cc1ccc2nc(CN=C(N)NC3CCCCC3)[nH]c2c1.I. The Hall–Kier alpha value is -1.31. The number of rotatable bonds is 3. The van der Waals surface area contributed by atoms with Crippen LogP contribution in [-0.4, -0.2) is 22.0 Å². The second-order valence-corrected chi connectivity index (χ2v) is 5.88. The maximum atomic E-state index is 5.97. The van der Waals surface area contributed by atoms with Crippen LogP contribution in [0.3, 0.4) is 0 Å². The lowest BCUT2D eigenvalue weighted by Gasteiger charge is -2.23. The van der Waals surface area contributed by atoms with Crippen molar-refractivity contribution in [2.24, 2.45) is 10.7 Å². The molecule has 0 radical (unpaired) electrons. The molecule has 0 amide bonds. The zero-order chi connectivity index (χ0) is 14.7. The van der Waals surface area contributed by atoms with E-state index in [2.05, 4.69) is 39.3 Å². The molecule has 0 atom stereocenters. The van der Waals surface area contributed by atoms with Crippen molar-refractivity contribution in [1.82, 2.24) is 15.3 Å². The molecule has 1 aromatic carbocycles. The van der Waals surface area contributed by atoms with Gasteiger partial charge in [0.15, 0.2) is 5.96 Å². The van der Waals surface area contributed by atoms with Gasteiger partial charge < -0.3 is 16.0 Å². The van der Waals surface area contributed by atoms with E-state index in [9.17, 15) is 0 Å². The molecular formula is C16H24IN5. The summed E-state index contributed by atoms with van der Waals surface area (Å²) in [5.41, 5.74) is 9.22. The Kier molecular flexibility index (Phi) is 6.05. The first-order valence-corrected chi connectivity index (χ1v) is 7.72. The molecule has 1 aliphatic carbocycles. The van der Waals surface area contributed by atoms with E-state index in [0.717, 1.165) is 16.9 Å². The molecule has 0 spiro atoms. The molecule has 2 aromatic rings. The molecule has 1 fully saturated rings. The highest BCUT2D eigenvalue weighted by atomic mass is 127. The highest BCUT2D eigenvalue weighted by Crippen LogP contribution is 2.17. The third kappa shape index (κ3) is 4.34. The topological polar surface area (TPSA) is 79.1 Å². The lowest BCUT2D eigenvalue weighted by molar-refractivity contribution is 0.412. The average molecular weight is 413 g/mol. The summed E-state index contributed by atoms with van der Waals surface area (Å²) in [5.74, 6) is 1.38. The van der Waals surface area contributed by atoms with Crippen molar-refractivity contribution in [2.45, 2.75) is 51.6 Å². The second kappa shape index (κ2) is 7.80. The quantitative estimate of drug-likeness (QED) is 0.411. The van der Waals surface area contributed by atoms with Gasteiger partial charge in [-0.1, -0.05) is 25.3 Å². The van der Waals surface area contributed by atoms with E-state index in [-0.39, 0.29) is 24.0 Å². The smallest absolute Gasteiger partial charge is 0.189 e. The molecule has 1 heterocycles. The van der Waals surface area contributed by atoms with Gasteiger partial charge in [-0.05, 0) is 37.5 Å². The molecule has 6 heteroatoms. The predicted molar refractivity (Wildman–Crippen MR) is 102 cm³/mol. The van der Waals surface area contributed by atoms with Gasteiger partial charge in [0.25, 0.3) is 0 Å². The predicted octanol–water partition coefficient (Wildman–Crippen LogP) is 3.23. The number of aromatic nitrogens is 2. The first-order chi connectivity index (χ1) is 10.2. The van der Waals surface area contributed by atoms with E-state index in [1.807, 2.05) is 6.07 Å². The van der Waals surface area contributed by atoms with E-state index in [0.29, 0.717) is 18.5 Å². The van der Waals surface area contributed by atoms with Crippen LogP contribution in [0.1, 0.15) is 43.5 Å². The Bertz CT molecular complexity index is 643. The minimum atomic E-state index is 0. The van der Waals surface area contributed by atoms with Crippen LogP contribution >= 0.6 is 24.0 Å². The van der Waals surface area contributed by atoms with E-state index in [1.165, 1.54) is 37.7 Å². The first-order valence-electron chi connectivity index (χ1n) is 7.72. The van der Waals surface area contributed by atoms with Crippen molar-refractivity contribution in [3.05, 3.63) is 29.6 Å². The van der Waals surface area contributed by atoms with Gasteiger partial charge in [-0.15, -0.1) is 24.0 Å². The van der Waals surface area contributed by atoms with Crippen LogP contribution < -0.4 is 11.1 Å². The van der Waals surface area contributed by atoms with E-state index < -0.39 is 0 Å². The number of guanidine groups is 1. The number of nitrogens with zero attached hydrogens (tertiary/aromatic N) is 2. The van der Waals surface area contributed by atoms with Gasteiger partial charge in [0.2, 0.25) is 0 Å². The summed E-state index contributed by atoms with van der Waals surface area (Å²) in [4.78, 5) is 12.2. The number of aromatic amines is 1. The van der Waals surface area contributed by atoms with Crippen LogP contribution in [0, 0.1) is 6.92 Å².